The van der Waals surface area contributed by atoms with Gasteiger partial charge < -0.3 is 15.3 Å². The first-order chi connectivity index (χ1) is 10.2. The summed E-state index contributed by atoms with van der Waals surface area (Å²) in [5.41, 5.74) is 4.37. The first-order valence-corrected chi connectivity index (χ1v) is 7.42. The molecule has 0 radical (unpaired) electrons. The zero-order valence-electron chi connectivity index (χ0n) is 10.6. The van der Waals surface area contributed by atoms with Crippen molar-refractivity contribution in [3.63, 3.8) is 0 Å². The standard InChI is InChI=1S/C14H9BrClN5/c15-7-1-2-8-10(5-7)19-14(18-8)20-11-6-17-9-3-4-12(16)21-13(9)11/h1-6,17H,(H2,18,19,20). The zero-order chi connectivity index (χ0) is 14.4. The Morgan fingerprint density at radius 1 is 1.10 bits per heavy atom. The first kappa shape index (κ1) is 12.7. The molecule has 0 saturated heterocycles. The van der Waals surface area contributed by atoms with E-state index in [2.05, 4.69) is 41.2 Å². The zero-order valence-corrected chi connectivity index (χ0v) is 13.0. The van der Waals surface area contributed by atoms with Gasteiger partial charge in [0.25, 0.3) is 0 Å². The number of aromatic nitrogens is 4. The van der Waals surface area contributed by atoms with Crippen LogP contribution in [0.25, 0.3) is 22.1 Å². The van der Waals surface area contributed by atoms with Crippen LogP contribution in [0.5, 0.6) is 0 Å². The van der Waals surface area contributed by atoms with Crippen molar-refractivity contribution in [2.75, 3.05) is 5.32 Å². The Morgan fingerprint density at radius 3 is 2.90 bits per heavy atom. The van der Waals surface area contributed by atoms with E-state index in [-0.39, 0.29) is 0 Å². The lowest BCUT2D eigenvalue weighted by Gasteiger charge is -1.99. The van der Waals surface area contributed by atoms with Gasteiger partial charge in [-0.25, -0.2) is 9.97 Å². The average molecular weight is 363 g/mol. The Morgan fingerprint density at radius 2 is 2.00 bits per heavy atom. The summed E-state index contributed by atoms with van der Waals surface area (Å²) in [6.45, 7) is 0. The summed E-state index contributed by atoms with van der Waals surface area (Å²) < 4.78 is 1.01. The van der Waals surface area contributed by atoms with Crippen LogP contribution >= 0.6 is 27.5 Å². The van der Waals surface area contributed by atoms with E-state index in [0.29, 0.717) is 11.1 Å². The molecule has 0 fully saturated rings. The van der Waals surface area contributed by atoms with Crippen molar-refractivity contribution in [3.8, 4) is 0 Å². The number of pyridine rings is 1. The van der Waals surface area contributed by atoms with E-state index in [0.717, 1.165) is 32.2 Å². The van der Waals surface area contributed by atoms with Gasteiger partial charge in [-0.1, -0.05) is 27.5 Å². The Balaban J connectivity index is 1.77. The van der Waals surface area contributed by atoms with Gasteiger partial charge in [0.1, 0.15) is 10.7 Å². The number of imidazole rings is 1. The van der Waals surface area contributed by atoms with Crippen LogP contribution in [0.2, 0.25) is 5.15 Å². The fourth-order valence-electron chi connectivity index (χ4n) is 2.24. The highest BCUT2D eigenvalue weighted by molar-refractivity contribution is 9.10. The fourth-order valence-corrected chi connectivity index (χ4v) is 2.75. The van der Waals surface area contributed by atoms with Gasteiger partial charge in [-0.2, -0.15) is 0 Å². The molecule has 21 heavy (non-hydrogen) atoms. The second-order valence-electron chi connectivity index (χ2n) is 4.60. The third-order valence-electron chi connectivity index (χ3n) is 3.19. The van der Waals surface area contributed by atoms with Gasteiger partial charge in [-0.05, 0) is 30.3 Å². The van der Waals surface area contributed by atoms with Crippen LogP contribution in [-0.2, 0) is 0 Å². The SMILES string of the molecule is Clc1ccc2[nH]cc(Nc3nc4ccc(Br)cc4[nH]3)c2n1. The minimum Gasteiger partial charge on any atom is -0.358 e. The van der Waals surface area contributed by atoms with Crippen molar-refractivity contribution in [2.45, 2.75) is 0 Å². The summed E-state index contributed by atoms with van der Waals surface area (Å²) >= 11 is 9.40. The molecule has 0 unspecified atom stereocenters. The molecule has 3 aromatic heterocycles. The van der Waals surface area contributed by atoms with Crippen molar-refractivity contribution >= 4 is 61.2 Å². The number of aromatic amines is 2. The van der Waals surface area contributed by atoms with Crippen LogP contribution in [0.3, 0.4) is 0 Å². The molecule has 4 aromatic rings. The number of hydrogen-bond donors (Lipinski definition) is 3. The number of fused-ring (bicyclic) bond motifs is 2. The van der Waals surface area contributed by atoms with Crippen molar-refractivity contribution < 1.29 is 0 Å². The smallest absolute Gasteiger partial charge is 0.205 e. The number of hydrogen-bond acceptors (Lipinski definition) is 3. The Kier molecular flexibility index (Phi) is 2.87. The fraction of sp³-hybridized carbons (Fsp3) is 0. The molecule has 0 spiro atoms. The summed E-state index contributed by atoms with van der Waals surface area (Å²) in [4.78, 5) is 15.2. The first-order valence-electron chi connectivity index (χ1n) is 6.25. The Hall–Kier alpha value is -2.05. The summed E-state index contributed by atoms with van der Waals surface area (Å²) in [5, 5.41) is 3.69. The molecule has 0 saturated carbocycles. The van der Waals surface area contributed by atoms with E-state index in [4.69, 9.17) is 11.6 Å². The maximum absolute atomic E-state index is 5.95. The molecule has 3 heterocycles. The molecule has 104 valence electrons. The second kappa shape index (κ2) is 4.75. The van der Waals surface area contributed by atoms with Crippen LogP contribution in [-0.4, -0.2) is 19.9 Å². The predicted molar refractivity (Wildman–Crippen MR) is 88.2 cm³/mol. The Bertz CT molecular complexity index is 958. The largest absolute Gasteiger partial charge is 0.358 e. The van der Waals surface area contributed by atoms with Gasteiger partial charge in [0, 0.05) is 10.7 Å². The summed E-state index contributed by atoms with van der Waals surface area (Å²) in [5.74, 6) is 0.658. The third-order valence-corrected chi connectivity index (χ3v) is 3.89. The van der Waals surface area contributed by atoms with Crippen LogP contribution in [0, 0.1) is 0 Å². The molecule has 0 aliphatic heterocycles. The maximum atomic E-state index is 5.95. The van der Waals surface area contributed by atoms with Gasteiger partial charge in [-0.3, -0.25) is 0 Å². The van der Waals surface area contributed by atoms with Crippen molar-refractivity contribution in [2.24, 2.45) is 0 Å². The lowest BCUT2D eigenvalue weighted by atomic mass is 10.3. The minimum absolute atomic E-state index is 0.457. The molecule has 0 atom stereocenters. The summed E-state index contributed by atoms with van der Waals surface area (Å²) in [7, 11) is 0. The summed E-state index contributed by atoms with van der Waals surface area (Å²) in [6, 6.07) is 9.54. The van der Waals surface area contributed by atoms with Crippen molar-refractivity contribution in [1.82, 2.24) is 19.9 Å². The van der Waals surface area contributed by atoms with E-state index in [9.17, 15) is 0 Å². The van der Waals surface area contributed by atoms with Crippen molar-refractivity contribution in [1.29, 1.82) is 0 Å². The molecule has 0 amide bonds. The second-order valence-corrected chi connectivity index (χ2v) is 5.91. The number of anilines is 2. The summed E-state index contributed by atoms with van der Waals surface area (Å²) in [6.07, 6.45) is 1.84. The molecule has 0 bridgehead atoms. The number of benzene rings is 1. The van der Waals surface area contributed by atoms with E-state index >= 15 is 0 Å². The van der Waals surface area contributed by atoms with Gasteiger partial charge in [0.05, 0.1) is 22.2 Å². The monoisotopic (exact) mass is 361 g/mol. The molecular weight excluding hydrogens is 354 g/mol. The van der Waals surface area contributed by atoms with Crippen molar-refractivity contribution in [3.05, 3.63) is 46.2 Å². The number of nitrogens with zero attached hydrogens (tertiary/aromatic N) is 2. The maximum Gasteiger partial charge on any atom is 0.205 e. The van der Waals surface area contributed by atoms with E-state index in [1.54, 1.807) is 6.07 Å². The van der Waals surface area contributed by atoms with Gasteiger partial charge in [0.15, 0.2) is 0 Å². The van der Waals surface area contributed by atoms with E-state index < -0.39 is 0 Å². The lowest BCUT2D eigenvalue weighted by Crippen LogP contribution is -1.91. The highest BCUT2D eigenvalue weighted by atomic mass is 79.9. The number of halogens is 2. The lowest BCUT2D eigenvalue weighted by molar-refractivity contribution is 1.31. The van der Waals surface area contributed by atoms with Crippen LogP contribution in [0.1, 0.15) is 0 Å². The van der Waals surface area contributed by atoms with Gasteiger partial charge in [0.2, 0.25) is 5.95 Å². The molecule has 1 aromatic carbocycles. The molecule has 3 N–H and O–H groups in total. The third kappa shape index (κ3) is 2.26. The van der Waals surface area contributed by atoms with Crippen LogP contribution in [0.4, 0.5) is 11.6 Å². The molecule has 7 heteroatoms. The molecule has 0 aliphatic rings. The van der Waals surface area contributed by atoms with E-state index in [1.165, 1.54) is 0 Å². The van der Waals surface area contributed by atoms with Gasteiger partial charge >= 0.3 is 0 Å². The van der Waals surface area contributed by atoms with Crippen LogP contribution in [0.15, 0.2) is 41.0 Å². The van der Waals surface area contributed by atoms with E-state index in [1.807, 2.05) is 30.5 Å². The average Bonchev–Trinajstić information content (AvgIpc) is 3.02. The molecule has 4 rings (SSSR count). The highest BCUT2D eigenvalue weighted by Gasteiger charge is 2.09. The normalized spacial score (nSPS) is 11.3. The number of H-pyrrole nitrogens is 2. The number of rotatable bonds is 2. The van der Waals surface area contributed by atoms with Crippen LogP contribution < -0.4 is 5.32 Å². The highest BCUT2D eigenvalue weighted by Crippen LogP contribution is 2.26. The van der Waals surface area contributed by atoms with Gasteiger partial charge in [-0.15, -0.1) is 0 Å². The topological polar surface area (TPSA) is 69.4 Å². The number of nitrogens with one attached hydrogen (secondary N) is 3. The predicted octanol–water partition coefficient (Wildman–Crippen LogP) is 4.60. The molecule has 0 aliphatic carbocycles. The minimum atomic E-state index is 0.457. The Labute approximate surface area is 132 Å². The quantitative estimate of drug-likeness (QED) is 0.456. The molecule has 5 nitrogen and oxygen atoms in total. The molecular formula is C14H9BrClN5.